The minimum atomic E-state index is 0.525. The molecule has 3 aromatic rings. The number of nitrogens with zero attached hydrogens (tertiary/aromatic N) is 4. The SMILES string of the molecule is c1ccc(-c2ccc(OCCn3cccc3)nn2)nc1. The van der Waals surface area contributed by atoms with E-state index in [0.717, 1.165) is 17.9 Å². The molecule has 0 aliphatic rings. The largest absolute Gasteiger partial charge is 0.475 e. The van der Waals surface area contributed by atoms with Crippen molar-refractivity contribution in [2.45, 2.75) is 6.54 Å². The van der Waals surface area contributed by atoms with Crippen LogP contribution in [0.1, 0.15) is 0 Å². The molecule has 5 nitrogen and oxygen atoms in total. The molecule has 3 rings (SSSR count). The van der Waals surface area contributed by atoms with Crippen molar-refractivity contribution in [3.8, 4) is 17.3 Å². The molecule has 0 atom stereocenters. The highest BCUT2D eigenvalue weighted by Gasteiger charge is 2.02. The van der Waals surface area contributed by atoms with Crippen molar-refractivity contribution in [1.29, 1.82) is 0 Å². The van der Waals surface area contributed by atoms with Crippen LogP contribution in [-0.4, -0.2) is 26.4 Å². The quantitative estimate of drug-likeness (QED) is 0.711. The van der Waals surface area contributed by atoms with Gasteiger partial charge in [0.15, 0.2) is 0 Å². The third-order valence-corrected chi connectivity index (χ3v) is 2.83. The molecule has 3 heterocycles. The number of hydrogen-bond donors (Lipinski definition) is 0. The molecule has 0 spiro atoms. The fraction of sp³-hybridized carbons (Fsp3) is 0.133. The standard InChI is InChI=1S/C15H14N4O/c1-2-8-16-13(5-1)14-6-7-15(18-17-14)20-12-11-19-9-3-4-10-19/h1-10H,11-12H2. The number of rotatable bonds is 5. The summed E-state index contributed by atoms with van der Waals surface area (Å²) < 4.78 is 7.61. The van der Waals surface area contributed by atoms with E-state index in [0.29, 0.717) is 12.5 Å². The van der Waals surface area contributed by atoms with E-state index in [1.807, 2.05) is 54.9 Å². The minimum absolute atomic E-state index is 0.525. The first-order chi connectivity index (χ1) is 9.92. The van der Waals surface area contributed by atoms with E-state index < -0.39 is 0 Å². The van der Waals surface area contributed by atoms with E-state index in [4.69, 9.17) is 4.74 Å². The van der Waals surface area contributed by atoms with Crippen LogP contribution in [0.2, 0.25) is 0 Å². The van der Waals surface area contributed by atoms with Crippen molar-refractivity contribution in [2.75, 3.05) is 6.61 Å². The zero-order valence-corrected chi connectivity index (χ0v) is 10.9. The second-order valence-corrected chi connectivity index (χ2v) is 4.24. The van der Waals surface area contributed by atoms with Crippen LogP contribution in [0.4, 0.5) is 0 Å². The Balaban J connectivity index is 1.59. The minimum Gasteiger partial charge on any atom is -0.475 e. The van der Waals surface area contributed by atoms with Crippen LogP contribution in [-0.2, 0) is 6.54 Å². The number of pyridine rings is 1. The molecule has 100 valence electrons. The van der Waals surface area contributed by atoms with Crippen molar-refractivity contribution in [3.63, 3.8) is 0 Å². The molecule has 0 unspecified atom stereocenters. The van der Waals surface area contributed by atoms with Gasteiger partial charge in [0.2, 0.25) is 5.88 Å². The lowest BCUT2D eigenvalue weighted by molar-refractivity contribution is 0.284. The Morgan fingerprint density at radius 3 is 2.50 bits per heavy atom. The van der Waals surface area contributed by atoms with Gasteiger partial charge in [0, 0.05) is 24.7 Å². The molecule has 0 saturated carbocycles. The summed E-state index contributed by atoms with van der Waals surface area (Å²) in [5, 5.41) is 8.17. The normalized spacial score (nSPS) is 10.4. The van der Waals surface area contributed by atoms with Gasteiger partial charge >= 0.3 is 0 Å². The van der Waals surface area contributed by atoms with E-state index in [2.05, 4.69) is 19.7 Å². The lowest BCUT2D eigenvalue weighted by Gasteiger charge is -2.06. The van der Waals surface area contributed by atoms with Crippen molar-refractivity contribution in [1.82, 2.24) is 19.7 Å². The van der Waals surface area contributed by atoms with Crippen LogP contribution in [0.3, 0.4) is 0 Å². The summed E-state index contributed by atoms with van der Waals surface area (Å²) in [5.41, 5.74) is 1.54. The first kappa shape index (κ1) is 12.3. The molecular weight excluding hydrogens is 252 g/mol. The third-order valence-electron chi connectivity index (χ3n) is 2.83. The molecule has 0 amide bonds. The number of aromatic nitrogens is 4. The van der Waals surface area contributed by atoms with Gasteiger partial charge in [-0.05, 0) is 30.3 Å². The number of hydrogen-bond acceptors (Lipinski definition) is 4. The van der Waals surface area contributed by atoms with Crippen molar-refractivity contribution >= 4 is 0 Å². The van der Waals surface area contributed by atoms with Gasteiger partial charge in [-0.3, -0.25) is 4.98 Å². The van der Waals surface area contributed by atoms with Crippen LogP contribution < -0.4 is 4.74 Å². The average Bonchev–Trinajstić information content (AvgIpc) is 3.02. The molecule has 0 N–H and O–H groups in total. The van der Waals surface area contributed by atoms with Crippen LogP contribution in [0, 0.1) is 0 Å². The Morgan fingerprint density at radius 1 is 0.900 bits per heavy atom. The summed E-state index contributed by atoms with van der Waals surface area (Å²) in [7, 11) is 0. The monoisotopic (exact) mass is 266 g/mol. The molecule has 0 fully saturated rings. The van der Waals surface area contributed by atoms with Gasteiger partial charge in [-0.2, -0.15) is 0 Å². The van der Waals surface area contributed by atoms with E-state index in [9.17, 15) is 0 Å². The van der Waals surface area contributed by atoms with Crippen molar-refractivity contribution in [3.05, 3.63) is 61.1 Å². The Kier molecular flexibility index (Phi) is 3.68. The zero-order valence-electron chi connectivity index (χ0n) is 10.9. The van der Waals surface area contributed by atoms with Crippen LogP contribution in [0.25, 0.3) is 11.4 Å². The number of ether oxygens (including phenoxy) is 1. The summed E-state index contributed by atoms with van der Waals surface area (Å²) >= 11 is 0. The van der Waals surface area contributed by atoms with Crippen LogP contribution in [0.15, 0.2) is 61.1 Å². The van der Waals surface area contributed by atoms with Gasteiger partial charge in [0.05, 0.1) is 12.2 Å². The zero-order chi connectivity index (χ0) is 13.6. The van der Waals surface area contributed by atoms with Gasteiger partial charge in [0.25, 0.3) is 0 Å². The fourth-order valence-electron chi connectivity index (χ4n) is 1.82. The second-order valence-electron chi connectivity index (χ2n) is 4.24. The Hall–Kier alpha value is -2.69. The molecular formula is C15H14N4O. The maximum Gasteiger partial charge on any atom is 0.233 e. The first-order valence-electron chi connectivity index (χ1n) is 6.40. The van der Waals surface area contributed by atoms with Crippen molar-refractivity contribution < 1.29 is 4.74 Å². The van der Waals surface area contributed by atoms with E-state index in [1.165, 1.54) is 0 Å². The van der Waals surface area contributed by atoms with Crippen molar-refractivity contribution in [2.24, 2.45) is 0 Å². The van der Waals surface area contributed by atoms with Gasteiger partial charge in [-0.15, -0.1) is 10.2 Å². The highest BCUT2D eigenvalue weighted by Crippen LogP contribution is 2.14. The van der Waals surface area contributed by atoms with E-state index in [1.54, 1.807) is 6.20 Å². The van der Waals surface area contributed by atoms with Gasteiger partial charge in [-0.25, -0.2) is 0 Å². The maximum atomic E-state index is 5.56. The summed E-state index contributed by atoms with van der Waals surface area (Å²) in [6.45, 7) is 1.35. The molecule has 3 aromatic heterocycles. The lowest BCUT2D eigenvalue weighted by Crippen LogP contribution is -2.07. The molecule has 0 aliphatic heterocycles. The molecule has 0 radical (unpaired) electrons. The Morgan fingerprint density at radius 2 is 1.80 bits per heavy atom. The van der Waals surface area contributed by atoms with Crippen LogP contribution in [0.5, 0.6) is 5.88 Å². The Bertz CT molecular complexity index is 635. The summed E-state index contributed by atoms with van der Waals surface area (Å²) in [6.07, 6.45) is 5.73. The average molecular weight is 266 g/mol. The second kappa shape index (κ2) is 5.97. The third kappa shape index (κ3) is 3.00. The molecule has 20 heavy (non-hydrogen) atoms. The van der Waals surface area contributed by atoms with E-state index in [-0.39, 0.29) is 0 Å². The topological polar surface area (TPSA) is 52.8 Å². The summed E-state index contributed by atoms with van der Waals surface area (Å²) in [6, 6.07) is 13.3. The van der Waals surface area contributed by atoms with Gasteiger partial charge in [0.1, 0.15) is 12.3 Å². The smallest absolute Gasteiger partial charge is 0.233 e. The first-order valence-corrected chi connectivity index (χ1v) is 6.40. The summed E-state index contributed by atoms with van der Waals surface area (Å²) in [5.74, 6) is 0.525. The molecule has 0 bridgehead atoms. The highest BCUT2D eigenvalue weighted by atomic mass is 16.5. The lowest BCUT2D eigenvalue weighted by atomic mass is 10.2. The predicted octanol–water partition coefficient (Wildman–Crippen LogP) is 2.42. The van der Waals surface area contributed by atoms with Crippen LogP contribution >= 0.6 is 0 Å². The fourth-order valence-corrected chi connectivity index (χ4v) is 1.82. The Labute approximate surface area is 116 Å². The molecule has 5 heteroatoms. The molecule has 0 saturated heterocycles. The summed E-state index contributed by atoms with van der Waals surface area (Å²) in [4.78, 5) is 4.23. The van der Waals surface area contributed by atoms with Gasteiger partial charge in [-0.1, -0.05) is 6.07 Å². The molecule has 0 aromatic carbocycles. The van der Waals surface area contributed by atoms with E-state index >= 15 is 0 Å². The highest BCUT2D eigenvalue weighted by molar-refractivity contribution is 5.52. The maximum absolute atomic E-state index is 5.56. The molecule has 0 aliphatic carbocycles. The van der Waals surface area contributed by atoms with Gasteiger partial charge < -0.3 is 9.30 Å². The predicted molar refractivity (Wildman–Crippen MR) is 75.2 cm³/mol.